The third-order valence-electron chi connectivity index (χ3n) is 2.76. The molecule has 4 heteroatoms. The van der Waals surface area contributed by atoms with Crippen LogP contribution in [0.3, 0.4) is 0 Å². The van der Waals surface area contributed by atoms with E-state index in [-0.39, 0.29) is 17.7 Å². The lowest BCUT2D eigenvalue weighted by Crippen LogP contribution is -2.32. The highest BCUT2D eigenvalue weighted by Gasteiger charge is 2.14. The maximum atomic E-state index is 12.0. The summed E-state index contributed by atoms with van der Waals surface area (Å²) in [6, 6.07) is 4.95. The first-order chi connectivity index (χ1) is 8.40. The molecule has 0 saturated heterocycles. The maximum Gasteiger partial charge on any atom is 0.255 e. The summed E-state index contributed by atoms with van der Waals surface area (Å²) in [5.74, 6) is 0.403. The van der Waals surface area contributed by atoms with E-state index in [4.69, 9.17) is 0 Å². The van der Waals surface area contributed by atoms with Gasteiger partial charge in [-0.25, -0.2) is 0 Å². The fourth-order valence-corrected chi connectivity index (χ4v) is 2.01. The van der Waals surface area contributed by atoms with Gasteiger partial charge in [0.05, 0.1) is 5.56 Å². The number of phenols is 1. The first kappa shape index (κ1) is 15.0. The van der Waals surface area contributed by atoms with Crippen molar-refractivity contribution in [3.63, 3.8) is 0 Å². The van der Waals surface area contributed by atoms with Crippen LogP contribution in [0.5, 0.6) is 5.75 Å². The van der Waals surface area contributed by atoms with E-state index in [2.05, 4.69) is 35.1 Å². The molecule has 1 aromatic carbocycles. The van der Waals surface area contributed by atoms with Crippen LogP contribution in [-0.2, 0) is 0 Å². The maximum absolute atomic E-state index is 12.0. The highest BCUT2D eigenvalue weighted by molar-refractivity contribution is 9.10. The Morgan fingerprint density at radius 2 is 2.00 bits per heavy atom. The molecule has 100 valence electrons. The minimum absolute atomic E-state index is 0.00626. The van der Waals surface area contributed by atoms with E-state index < -0.39 is 0 Å². The van der Waals surface area contributed by atoms with Crippen LogP contribution in [0.2, 0.25) is 0 Å². The van der Waals surface area contributed by atoms with E-state index in [0.717, 1.165) is 17.3 Å². The Kier molecular flexibility index (Phi) is 5.66. The van der Waals surface area contributed by atoms with Gasteiger partial charge in [0.25, 0.3) is 5.91 Å². The summed E-state index contributed by atoms with van der Waals surface area (Å²) in [5, 5.41) is 12.6. The zero-order chi connectivity index (χ0) is 13.7. The second kappa shape index (κ2) is 6.78. The largest absolute Gasteiger partial charge is 0.507 e. The lowest BCUT2D eigenvalue weighted by Gasteiger charge is -2.15. The second-order valence-electron chi connectivity index (χ2n) is 5.01. The molecule has 0 aromatic heterocycles. The summed E-state index contributed by atoms with van der Waals surface area (Å²) in [7, 11) is 0. The first-order valence-electron chi connectivity index (χ1n) is 6.19. The molecule has 2 N–H and O–H groups in total. The Morgan fingerprint density at radius 3 is 2.61 bits per heavy atom. The van der Waals surface area contributed by atoms with Gasteiger partial charge in [-0.1, -0.05) is 29.8 Å². The Bertz CT molecular complexity index is 418. The number of benzene rings is 1. The van der Waals surface area contributed by atoms with Crippen molar-refractivity contribution in [3.8, 4) is 5.75 Å². The molecule has 1 aromatic rings. The number of rotatable bonds is 5. The number of phenolic OH excluding ortho intramolecular Hbond substituents is 1. The molecule has 1 amide bonds. The van der Waals surface area contributed by atoms with Crippen molar-refractivity contribution in [1.82, 2.24) is 5.32 Å². The number of aromatic hydroxyl groups is 1. The Labute approximate surface area is 117 Å². The predicted octanol–water partition coefficient (Wildman–Crippen LogP) is 3.71. The number of carbonyl (C=O) groups is 1. The van der Waals surface area contributed by atoms with E-state index in [0.29, 0.717) is 11.5 Å². The molecule has 3 nitrogen and oxygen atoms in total. The van der Waals surface area contributed by atoms with Crippen molar-refractivity contribution in [3.05, 3.63) is 28.2 Å². The van der Waals surface area contributed by atoms with Crippen LogP contribution < -0.4 is 5.32 Å². The van der Waals surface area contributed by atoms with Crippen LogP contribution in [0.15, 0.2) is 22.7 Å². The lowest BCUT2D eigenvalue weighted by molar-refractivity contribution is 0.0934. The number of hydrogen-bond donors (Lipinski definition) is 2. The van der Waals surface area contributed by atoms with Gasteiger partial charge in [-0.2, -0.15) is 0 Å². The minimum atomic E-state index is -0.231. The normalized spacial score (nSPS) is 12.5. The Hall–Kier alpha value is -1.03. The van der Waals surface area contributed by atoms with E-state index in [9.17, 15) is 9.90 Å². The molecule has 0 aliphatic rings. The van der Waals surface area contributed by atoms with Gasteiger partial charge >= 0.3 is 0 Å². The molecule has 0 radical (unpaired) electrons. The molecule has 0 aliphatic heterocycles. The van der Waals surface area contributed by atoms with Crippen LogP contribution in [0, 0.1) is 5.92 Å². The molecule has 0 saturated carbocycles. The van der Waals surface area contributed by atoms with Gasteiger partial charge in [0.2, 0.25) is 0 Å². The average molecular weight is 314 g/mol. The predicted molar refractivity (Wildman–Crippen MR) is 76.8 cm³/mol. The number of halogens is 1. The van der Waals surface area contributed by atoms with Crippen molar-refractivity contribution in [1.29, 1.82) is 0 Å². The summed E-state index contributed by atoms with van der Waals surface area (Å²) in [4.78, 5) is 12.0. The van der Waals surface area contributed by atoms with Crippen LogP contribution in [0.25, 0.3) is 0 Å². The zero-order valence-corrected chi connectivity index (χ0v) is 12.6. The third-order valence-corrected chi connectivity index (χ3v) is 3.25. The summed E-state index contributed by atoms with van der Waals surface area (Å²) in [6.45, 7) is 6.30. The minimum Gasteiger partial charge on any atom is -0.507 e. The monoisotopic (exact) mass is 313 g/mol. The van der Waals surface area contributed by atoms with Crippen LogP contribution >= 0.6 is 15.9 Å². The smallest absolute Gasteiger partial charge is 0.255 e. The van der Waals surface area contributed by atoms with Gasteiger partial charge in [0, 0.05) is 10.5 Å². The van der Waals surface area contributed by atoms with Crippen molar-refractivity contribution < 1.29 is 9.90 Å². The highest BCUT2D eigenvalue weighted by Crippen LogP contribution is 2.22. The van der Waals surface area contributed by atoms with Crippen molar-refractivity contribution >= 4 is 21.8 Å². The van der Waals surface area contributed by atoms with E-state index in [1.165, 1.54) is 6.07 Å². The second-order valence-corrected chi connectivity index (χ2v) is 5.92. The lowest BCUT2D eigenvalue weighted by atomic mass is 10.0. The topological polar surface area (TPSA) is 49.3 Å². The quantitative estimate of drug-likeness (QED) is 0.870. The number of hydrogen-bond acceptors (Lipinski definition) is 2. The molecule has 0 aliphatic carbocycles. The summed E-state index contributed by atoms with van der Waals surface area (Å²) >= 11 is 3.29. The van der Waals surface area contributed by atoms with E-state index >= 15 is 0 Å². The standard InChI is InChI=1S/C14H20BrNO2/c1-9(2)4-5-10(3)16-14(18)12-8-11(15)6-7-13(12)17/h6-10,17H,4-5H2,1-3H3,(H,16,18). The molecule has 0 fully saturated rings. The van der Waals surface area contributed by atoms with E-state index in [1.807, 2.05) is 6.92 Å². The molecule has 18 heavy (non-hydrogen) atoms. The van der Waals surface area contributed by atoms with Crippen LogP contribution in [0.4, 0.5) is 0 Å². The molecule has 0 bridgehead atoms. The van der Waals surface area contributed by atoms with Gasteiger partial charge in [0.15, 0.2) is 0 Å². The third kappa shape index (κ3) is 4.69. The van der Waals surface area contributed by atoms with E-state index in [1.54, 1.807) is 12.1 Å². The fraction of sp³-hybridized carbons (Fsp3) is 0.500. The molecular formula is C14H20BrNO2. The summed E-state index contributed by atoms with van der Waals surface area (Å²) in [5.41, 5.74) is 0.306. The van der Waals surface area contributed by atoms with Gasteiger partial charge in [0.1, 0.15) is 5.75 Å². The first-order valence-corrected chi connectivity index (χ1v) is 6.98. The molecule has 0 heterocycles. The zero-order valence-electron chi connectivity index (χ0n) is 11.0. The Balaban J connectivity index is 2.62. The molecule has 1 unspecified atom stereocenters. The Morgan fingerprint density at radius 1 is 1.33 bits per heavy atom. The van der Waals surface area contributed by atoms with Gasteiger partial charge < -0.3 is 10.4 Å². The van der Waals surface area contributed by atoms with Crippen molar-refractivity contribution in [2.45, 2.75) is 39.7 Å². The molecule has 0 spiro atoms. The molecule has 1 atom stereocenters. The number of amides is 1. The number of nitrogens with one attached hydrogen (secondary N) is 1. The molecular weight excluding hydrogens is 294 g/mol. The van der Waals surface area contributed by atoms with Gasteiger partial charge in [-0.3, -0.25) is 4.79 Å². The van der Waals surface area contributed by atoms with Gasteiger partial charge in [-0.15, -0.1) is 0 Å². The average Bonchev–Trinajstić information content (AvgIpc) is 2.29. The summed E-state index contributed by atoms with van der Waals surface area (Å²) < 4.78 is 0.778. The van der Waals surface area contributed by atoms with Crippen LogP contribution in [0.1, 0.15) is 44.0 Å². The highest BCUT2D eigenvalue weighted by atomic mass is 79.9. The fourth-order valence-electron chi connectivity index (χ4n) is 1.65. The van der Waals surface area contributed by atoms with Crippen LogP contribution in [-0.4, -0.2) is 17.1 Å². The van der Waals surface area contributed by atoms with Gasteiger partial charge in [-0.05, 0) is 43.9 Å². The SMILES string of the molecule is CC(C)CCC(C)NC(=O)c1cc(Br)ccc1O. The molecule has 1 rings (SSSR count). The summed E-state index contributed by atoms with van der Waals surface area (Å²) in [6.07, 6.45) is 2.02. The number of carbonyl (C=O) groups excluding carboxylic acids is 1. The van der Waals surface area contributed by atoms with Crippen molar-refractivity contribution in [2.24, 2.45) is 5.92 Å². The van der Waals surface area contributed by atoms with Crippen molar-refractivity contribution in [2.75, 3.05) is 0 Å².